The molecule has 0 amide bonds. The van der Waals surface area contributed by atoms with Crippen molar-refractivity contribution in [1.82, 2.24) is 14.5 Å². The third-order valence-electron chi connectivity index (χ3n) is 6.39. The molecule has 0 N–H and O–H groups in total. The molecule has 32 heavy (non-hydrogen) atoms. The lowest BCUT2D eigenvalue weighted by Crippen LogP contribution is -2.32. The monoisotopic (exact) mass is 445 g/mol. The van der Waals surface area contributed by atoms with Gasteiger partial charge >= 0.3 is 0 Å². The standard InChI is InChI=1S/C27H28ClN3O/c1-32-26-10-6-9-24-25(19-31(27(24)26)14-13-30-11-3-2-4-12-30)22-15-21(17-29-18-22)20-7-5-8-23(28)16-20/h5-10,15-19H,2-4,11-14H2,1H3. The van der Waals surface area contributed by atoms with Gasteiger partial charge in [0.15, 0.2) is 0 Å². The minimum absolute atomic E-state index is 0.729. The van der Waals surface area contributed by atoms with Crippen molar-refractivity contribution in [2.75, 3.05) is 26.7 Å². The number of hydrogen-bond acceptors (Lipinski definition) is 3. The van der Waals surface area contributed by atoms with Gasteiger partial charge in [-0.2, -0.15) is 0 Å². The minimum Gasteiger partial charge on any atom is -0.495 e. The Hall–Kier alpha value is -2.82. The van der Waals surface area contributed by atoms with E-state index in [2.05, 4.69) is 44.9 Å². The number of methoxy groups -OCH3 is 1. The quantitative estimate of drug-likeness (QED) is 0.338. The molecule has 5 rings (SSSR count). The lowest BCUT2D eigenvalue weighted by atomic mass is 10.0. The van der Waals surface area contributed by atoms with Crippen LogP contribution in [0.15, 0.2) is 67.1 Å². The van der Waals surface area contributed by atoms with E-state index in [4.69, 9.17) is 16.3 Å². The molecule has 1 aliphatic heterocycles. The van der Waals surface area contributed by atoms with Gasteiger partial charge in [0.25, 0.3) is 0 Å². The summed E-state index contributed by atoms with van der Waals surface area (Å²) in [7, 11) is 1.75. The van der Waals surface area contributed by atoms with E-state index in [-0.39, 0.29) is 0 Å². The van der Waals surface area contributed by atoms with Crippen LogP contribution in [0.1, 0.15) is 19.3 Å². The predicted molar refractivity (Wildman–Crippen MR) is 132 cm³/mol. The van der Waals surface area contributed by atoms with Gasteiger partial charge in [-0.15, -0.1) is 0 Å². The van der Waals surface area contributed by atoms with E-state index in [0.29, 0.717) is 0 Å². The zero-order valence-electron chi connectivity index (χ0n) is 18.4. The van der Waals surface area contributed by atoms with Gasteiger partial charge in [0.1, 0.15) is 5.75 Å². The number of piperidine rings is 1. The number of pyridine rings is 1. The number of rotatable bonds is 6. The van der Waals surface area contributed by atoms with Crippen LogP contribution in [0, 0.1) is 0 Å². The fourth-order valence-electron chi connectivity index (χ4n) is 4.74. The number of hydrogen-bond donors (Lipinski definition) is 0. The van der Waals surface area contributed by atoms with E-state index in [1.54, 1.807) is 7.11 Å². The molecule has 2 aromatic carbocycles. The molecular weight excluding hydrogens is 418 g/mol. The minimum atomic E-state index is 0.729. The van der Waals surface area contributed by atoms with E-state index in [9.17, 15) is 0 Å². The van der Waals surface area contributed by atoms with Crippen molar-refractivity contribution in [2.45, 2.75) is 25.8 Å². The highest BCUT2D eigenvalue weighted by atomic mass is 35.5. The molecule has 4 nitrogen and oxygen atoms in total. The van der Waals surface area contributed by atoms with Crippen LogP contribution in [0.2, 0.25) is 5.02 Å². The lowest BCUT2D eigenvalue weighted by molar-refractivity contribution is 0.221. The van der Waals surface area contributed by atoms with Crippen LogP contribution in [0.3, 0.4) is 0 Å². The summed E-state index contributed by atoms with van der Waals surface area (Å²) < 4.78 is 8.10. The molecule has 1 fully saturated rings. The highest BCUT2D eigenvalue weighted by Crippen LogP contribution is 2.37. The summed E-state index contributed by atoms with van der Waals surface area (Å²) in [6.45, 7) is 4.41. The molecule has 164 valence electrons. The largest absolute Gasteiger partial charge is 0.495 e. The maximum atomic E-state index is 6.22. The zero-order valence-corrected chi connectivity index (χ0v) is 19.2. The number of fused-ring (bicyclic) bond motifs is 1. The second-order valence-corrected chi connectivity index (χ2v) is 8.90. The first-order valence-electron chi connectivity index (χ1n) is 11.3. The summed E-state index contributed by atoms with van der Waals surface area (Å²) in [5.41, 5.74) is 5.54. The second-order valence-electron chi connectivity index (χ2n) is 8.47. The van der Waals surface area contributed by atoms with Gasteiger partial charge in [0.05, 0.1) is 12.6 Å². The van der Waals surface area contributed by atoms with Gasteiger partial charge < -0.3 is 14.2 Å². The molecule has 3 heterocycles. The maximum Gasteiger partial charge on any atom is 0.143 e. The molecule has 0 spiro atoms. The number of likely N-dealkylation sites (tertiary alicyclic amines) is 1. The van der Waals surface area contributed by atoms with E-state index < -0.39 is 0 Å². The average Bonchev–Trinajstić information content (AvgIpc) is 3.22. The Morgan fingerprint density at radius 2 is 1.72 bits per heavy atom. The Balaban J connectivity index is 1.55. The van der Waals surface area contributed by atoms with E-state index >= 15 is 0 Å². The lowest BCUT2D eigenvalue weighted by Gasteiger charge is -2.26. The molecule has 1 saturated heterocycles. The first-order chi connectivity index (χ1) is 15.7. The van der Waals surface area contributed by atoms with Crippen LogP contribution in [0.25, 0.3) is 33.2 Å². The Morgan fingerprint density at radius 3 is 2.53 bits per heavy atom. The van der Waals surface area contributed by atoms with Crippen molar-refractivity contribution in [3.63, 3.8) is 0 Å². The fourth-order valence-corrected chi connectivity index (χ4v) is 4.93. The number of ether oxygens (including phenoxy) is 1. The summed E-state index contributed by atoms with van der Waals surface area (Å²) >= 11 is 6.22. The van der Waals surface area contributed by atoms with Crippen LogP contribution in [0.4, 0.5) is 0 Å². The van der Waals surface area contributed by atoms with Gasteiger partial charge in [-0.05, 0) is 55.8 Å². The summed E-state index contributed by atoms with van der Waals surface area (Å²) in [5, 5.41) is 1.92. The third-order valence-corrected chi connectivity index (χ3v) is 6.63. The molecule has 0 bridgehead atoms. The summed E-state index contributed by atoms with van der Waals surface area (Å²) in [5.74, 6) is 0.909. The summed E-state index contributed by atoms with van der Waals surface area (Å²) in [4.78, 5) is 7.13. The van der Waals surface area contributed by atoms with Gasteiger partial charge in [0, 0.05) is 58.8 Å². The van der Waals surface area contributed by atoms with Gasteiger partial charge in [0.2, 0.25) is 0 Å². The van der Waals surface area contributed by atoms with Gasteiger partial charge in [-0.1, -0.05) is 42.3 Å². The zero-order chi connectivity index (χ0) is 21.9. The van der Waals surface area contributed by atoms with Crippen LogP contribution < -0.4 is 4.74 Å². The Kier molecular flexibility index (Phi) is 6.15. The topological polar surface area (TPSA) is 30.3 Å². The average molecular weight is 446 g/mol. The number of para-hydroxylation sites is 1. The van der Waals surface area contributed by atoms with Crippen LogP contribution >= 0.6 is 11.6 Å². The number of benzene rings is 2. The second kappa shape index (κ2) is 9.35. The summed E-state index contributed by atoms with van der Waals surface area (Å²) in [6.07, 6.45) is 10.1. The van der Waals surface area contributed by atoms with Crippen molar-refractivity contribution < 1.29 is 4.74 Å². The highest BCUT2D eigenvalue weighted by molar-refractivity contribution is 6.30. The maximum absolute atomic E-state index is 6.22. The van der Waals surface area contributed by atoms with Crippen molar-refractivity contribution in [3.8, 4) is 28.0 Å². The molecule has 0 unspecified atom stereocenters. The molecule has 4 aromatic rings. The first kappa shape index (κ1) is 21.0. The van der Waals surface area contributed by atoms with Crippen molar-refractivity contribution in [2.24, 2.45) is 0 Å². The smallest absolute Gasteiger partial charge is 0.143 e. The normalized spacial score (nSPS) is 14.7. The van der Waals surface area contributed by atoms with Gasteiger partial charge in [-0.3, -0.25) is 4.98 Å². The SMILES string of the molecule is COc1cccc2c(-c3cncc(-c4cccc(Cl)c4)c3)cn(CCN3CCCCC3)c12. The number of aromatic nitrogens is 2. The molecular formula is C27H28ClN3O. The molecule has 0 saturated carbocycles. The fraction of sp³-hybridized carbons (Fsp3) is 0.296. The molecule has 0 aliphatic carbocycles. The van der Waals surface area contributed by atoms with Crippen molar-refractivity contribution >= 4 is 22.5 Å². The van der Waals surface area contributed by atoms with E-state index in [0.717, 1.165) is 46.1 Å². The van der Waals surface area contributed by atoms with Gasteiger partial charge in [-0.25, -0.2) is 0 Å². The summed E-state index contributed by atoms with van der Waals surface area (Å²) in [6, 6.07) is 16.4. The van der Waals surface area contributed by atoms with Crippen molar-refractivity contribution in [1.29, 1.82) is 0 Å². The molecule has 5 heteroatoms. The van der Waals surface area contributed by atoms with E-state index in [1.807, 2.05) is 36.7 Å². The first-order valence-corrected chi connectivity index (χ1v) is 11.7. The van der Waals surface area contributed by atoms with Crippen LogP contribution in [-0.4, -0.2) is 41.2 Å². The third kappa shape index (κ3) is 4.25. The Morgan fingerprint density at radius 1 is 0.906 bits per heavy atom. The molecule has 2 aromatic heterocycles. The van der Waals surface area contributed by atoms with Crippen LogP contribution in [0.5, 0.6) is 5.75 Å². The molecule has 0 radical (unpaired) electrons. The molecule has 0 atom stereocenters. The van der Waals surface area contributed by atoms with Crippen LogP contribution in [-0.2, 0) is 6.54 Å². The predicted octanol–water partition coefficient (Wildman–Crippen LogP) is 6.52. The van der Waals surface area contributed by atoms with E-state index in [1.165, 1.54) is 43.3 Å². The van der Waals surface area contributed by atoms with Crippen molar-refractivity contribution in [3.05, 3.63) is 72.1 Å². The Labute approximate surface area is 194 Å². The number of halogens is 1. The number of nitrogens with zero attached hydrogens (tertiary/aromatic N) is 3. The highest BCUT2D eigenvalue weighted by Gasteiger charge is 2.17. The molecule has 1 aliphatic rings. The Bertz CT molecular complexity index is 1230.